The SMILES string of the molecule is CN(/N=C/c1ccco1)c1c[n+]([O-])c2cc(Cl)ccc2n1. The van der Waals surface area contributed by atoms with Crippen LogP contribution in [0.4, 0.5) is 5.82 Å². The number of hydrazone groups is 1. The minimum absolute atomic E-state index is 0.412. The maximum Gasteiger partial charge on any atom is 0.244 e. The van der Waals surface area contributed by atoms with E-state index in [-0.39, 0.29) is 0 Å². The molecule has 0 atom stereocenters. The summed E-state index contributed by atoms with van der Waals surface area (Å²) in [4.78, 5) is 4.38. The quantitative estimate of drug-likeness (QED) is 0.323. The Bertz CT molecular complexity index is 802. The summed E-state index contributed by atoms with van der Waals surface area (Å²) < 4.78 is 5.87. The molecule has 0 fully saturated rings. The zero-order valence-corrected chi connectivity index (χ0v) is 11.9. The molecule has 0 amide bonds. The van der Waals surface area contributed by atoms with Crippen LogP contribution in [0.1, 0.15) is 5.76 Å². The highest BCUT2D eigenvalue weighted by Crippen LogP contribution is 2.17. The topological polar surface area (TPSA) is 68.6 Å². The third-order valence-electron chi connectivity index (χ3n) is 2.88. The average molecular weight is 303 g/mol. The van der Waals surface area contributed by atoms with Gasteiger partial charge in [-0.05, 0) is 24.3 Å². The number of nitrogens with zero attached hydrogens (tertiary/aromatic N) is 4. The van der Waals surface area contributed by atoms with Gasteiger partial charge in [0.05, 0.1) is 12.5 Å². The van der Waals surface area contributed by atoms with E-state index in [1.165, 1.54) is 11.2 Å². The molecule has 0 unspecified atom stereocenters. The predicted octanol–water partition coefficient (Wildman–Crippen LogP) is 2.58. The summed E-state index contributed by atoms with van der Waals surface area (Å²) in [5, 5.41) is 18.2. The van der Waals surface area contributed by atoms with Gasteiger partial charge in [0.25, 0.3) is 0 Å². The van der Waals surface area contributed by atoms with Crippen molar-refractivity contribution in [3.8, 4) is 0 Å². The normalized spacial score (nSPS) is 11.3. The molecule has 1 aromatic carbocycles. The van der Waals surface area contributed by atoms with Crippen molar-refractivity contribution in [2.75, 3.05) is 12.1 Å². The first kappa shape index (κ1) is 13.4. The van der Waals surface area contributed by atoms with Crippen molar-refractivity contribution in [3.63, 3.8) is 0 Å². The highest BCUT2D eigenvalue weighted by atomic mass is 35.5. The second-order valence-electron chi connectivity index (χ2n) is 4.34. The average Bonchev–Trinajstić information content (AvgIpc) is 2.98. The minimum atomic E-state index is 0.412. The van der Waals surface area contributed by atoms with Gasteiger partial charge in [-0.25, -0.2) is 9.99 Å². The summed E-state index contributed by atoms with van der Waals surface area (Å²) in [5.41, 5.74) is 0.960. The van der Waals surface area contributed by atoms with Gasteiger partial charge in [0.2, 0.25) is 17.5 Å². The van der Waals surface area contributed by atoms with E-state index in [9.17, 15) is 5.21 Å². The van der Waals surface area contributed by atoms with E-state index in [1.807, 2.05) is 0 Å². The highest BCUT2D eigenvalue weighted by Gasteiger charge is 2.12. The molecule has 0 aliphatic carbocycles. The molecular weight excluding hydrogens is 292 g/mol. The summed E-state index contributed by atoms with van der Waals surface area (Å²) in [6.07, 6.45) is 4.45. The Morgan fingerprint density at radius 2 is 2.29 bits per heavy atom. The second-order valence-corrected chi connectivity index (χ2v) is 4.78. The molecule has 21 heavy (non-hydrogen) atoms. The molecule has 0 radical (unpaired) electrons. The number of aromatic nitrogens is 2. The van der Waals surface area contributed by atoms with Crippen molar-refractivity contribution >= 4 is 34.7 Å². The van der Waals surface area contributed by atoms with Crippen LogP contribution in [0.2, 0.25) is 5.02 Å². The molecule has 6 nitrogen and oxygen atoms in total. The molecule has 0 aliphatic rings. The van der Waals surface area contributed by atoms with Crippen LogP contribution in [-0.4, -0.2) is 18.2 Å². The molecule has 7 heteroatoms. The maximum absolute atomic E-state index is 12.0. The van der Waals surface area contributed by atoms with Crippen molar-refractivity contribution in [1.82, 2.24) is 4.98 Å². The number of hydrogen-bond acceptors (Lipinski definition) is 5. The van der Waals surface area contributed by atoms with Gasteiger partial charge in [-0.15, -0.1) is 0 Å². The molecule has 0 aliphatic heterocycles. The zero-order valence-electron chi connectivity index (χ0n) is 11.1. The number of anilines is 1. The van der Waals surface area contributed by atoms with Crippen molar-refractivity contribution < 1.29 is 9.15 Å². The Morgan fingerprint density at radius 3 is 3.05 bits per heavy atom. The molecule has 0 saturated carbocycles. The van der Waals surface area contributed by atoms with Crippen LogP contribution in [0.3, 0.4) is 0 Å². The van der Waals surface area contributed by atoms with Gasteiger partial charge in [-0.1, -0.05) is 11.6 Å². The Labute approximate surface area is 125 Å². The van der Waals surface area contributed by atoms with Crippen LogP contribution in [0.15, 0.2) is 52.3 Å². The molecule has 2 aromatic heterocycles. The Hall–Kier alpha value is -2.60. The monoisotopic (exact) mass is 302 g/mol. The summed E-state index contributed by atoms with van der Waals surface area (Å²) in [6.45, 7) is 0. The largest absolute Gasteiger partial charge is 0.618 e. The molecule has 0 saturated heterocycles. The fourth-order valence-corrected chi connectivity index (χ4v) is 1.98. The Balaban J connectivity index is 1.95. The lowest BCUT2D eigenvalue weighted by Crippen LogP contribution is -2.29. The van der Waals surface area contributed by atoms with E-state index < -0.39 is 0 Å². The molecule has 106 valence electrons. The number of halogens is 1. The van der Waals surface area contributed by atoms with Crippen LogP contribution in [0.25, 0.3) is 11.0 Å². The standard InChI is InChI=1S/C14H11ClN4O2/c1-18(16-8-11-3-2-6-21-11)14-9-19(20)13-7-10(15)4-5-12(13)17-14/h2-9H,1H3/b16-8+. The fraction of sp³-hybridized carbons (Fsp3) is 0.0714. The van der Waals surface area contributed by atoms with Gasteiger partial charge in [-0.2, -0.15) is 9.83 Å². The summed E-state index contributed by atoms with van der Waals surface area (Å²) in [5.74, 6) is 1.03. The van der Waals surface area contributed by atoms with Gasteiger partial charge in [-0.3, -0.25) is 0 Å². The number of furan rings is 1. The van der Waals surface area contributed by atoms with E-state index in [1.54, 1.807) is 49.9 Å². The van der Waals surface area contributed by atoms with Crippen molar-refractivity contribution in [3.05, 3.63) is 58.8 Å². The van der Waals surface area contributed by atoms with Gasteiger partial charge in [0.15, 0.2) is 0 Å². The third-order valence-corrected chi connectivity index (χ3v) is 3.11. The maximum atomic E-state index is 12.0. The lowest BCUT2D eigenvalue weighted by molar-refractivity contribution is -0.576. The van der Waals surface area contributed by atoms with E-state index >= 15 is 0 Å². The fourth-order valence-electron chi connectivity index (χ4n) is 1.82. The van der Waals surface area contributed by atoms with Gasteiger partial charge >= 0.3 is 0 Å². The summed E-state index contributed by atoms with van der Waals surface area (Å²) in [6, 6.07) is 8.51. The van der Waals surface area contributed by atoms with E-state index in [0.717, 1.165) is 4.73 Å². The van der Waals surface area contributed by atoms with Crippen LogP contribution >= 0.6 is 11.6 Å². The number of hydrogen-bond donors (Lipinski definition) is 0. The Morgan fingerprint density at radius 1 is 1.43 bits per heavy atom. The van der Waals surface area contributed by atoms with Crippen molar-refractivity contribution in [1.29, 1.82) is 0 Å². The van der Waals surface area contributed by atoms with Crippen molar-refractivity contribution in [2.45, 2.75) is 0 Å². The first-order valence-corrected chi connectivity index (χ1v) is 6.52. The second kappa shape index (κ2) is 5.41. The smallest absolute Gasteiger partial charge is 0.244 e. The molecule has 3 rings (SSSR count). The van der Waals surface area contributed by atoms with Crippen LogP contribution in [0, 0.1) is 5.21 Å². The molecule has 0 N–H and O–H groups in total. The molecule has 2 heterocycles. The van der Waals surface area contributed by atoms with Gasteiger partial charge in [0.1, 0.15) is 11.3 Å². The number of fused-ring (bicyclic) bond motifs is 1. The van der Waals surface area contributed by atoms with Crippen LogP contribution in [0.5, 0.6) is 0 Å². The minimum Gasteiger partial charge on any atom is -0.618 e. The van der Waals surface area contributed by atoms with Crippen molar-refractivity contribution in [2.24, 2.45) is 5.10 Å². The summed E-state index contributed by atoms with van der Waals surface area (Å²) in [7, 11) is 1.70. The van der Waals surface area contributed by atoms with E-state index in [2.05, 4.69) is 10.1 Å². The van der Waals surface area contributed by atoms with E-state index in [4.69, 9.17) is 16.0 Å². The number of benzene rings is 1. The third kappa shape index (κ3) is 2.80. The molecule has 3 aromatic rings. The summed E-state index contributed by atoms with van der Waals surface area (Å²) >= 11 is 5.88. The first-order valence-electron chi connectivity index (χ1n) is 6.14. The van der Waals surface area contributed by atoms with Gasteiger partial charge < -0.3 is 9.62 Å². The van der Waals surface area contributed by atoms with Gasteiger partial charge in [0, 0.05) is 18.1 Å². The lowest BCUT2D eigenvalue weighted by atomic mass is 10.3. The molecule has 0 bridgehead atoms. The van der Waals surface area contributed by atoms with Crippen LogP contribution < -0.4 is 9.74 Å². The molecular formula is C14H11ClN4O2. The highest BCUT2D eigenvalue weighted by molar-refractivity contribution is 6.31. The predicted molar refractivity (Wildman–Crippen MR) is 80.4 cm³/mol. The lowest BCUT2D eigenvalue weighted by Gasteiger charge is -2.11. The molecule has 0 spiro atoms. The zero-order chi connectivity index (χ0) is 14.8. The Kier molecular flexibility index (Phi) is 3.45. The van der Waals surface area contributed by atoms with E-state index in [0.29, 0.717) is 27.6 Å². The number of rotatable bonds is 3. The van der Waals surface area contributed by atoms with Crippen LogP contribution in [-0.2, 0) is 0 Å². The first-order chi connectivity index (χ1) is 10.1.